The molecule has 1 aliphatic heterocycles. The summed E-state index contributed by atoms with van der Waals surface area (Å²) >= 11 is 0. The number of hydrogen-bond acceptors (Lipinski definition) is 8. The molecule has 0 aromatic heterocycles. The largest absolute Gasteiger partial charge is 0.463 e. The normalized spacial score (nSPS) is 28.0. The quantitative estimate of drug-likeness (QED) is 0.224. The van der Waals surface area contributed by atoms with Gasteiger partial charge in [0.2, 0.25) is 5.91 Å². The summed E-state index contributed by atoms with van der Waals surface area (Å²) in [6, 6.07) is -0.745. The second-order valence-electron chi connectivity index (χ2n) is 7.62. The number of nitrogens with one attached hydrogen (secondary N) is 1. The second-order valence-corrected chi connectivity index (χ2v) is 9.63. The predicted octanol–water partition coefficient (Wildman–Crippen LogP) is 2.02. The molecule has 31 heavy (non-hydrogen) atoms. The highest BCUT2D eigenvalue weighted by Gasteiger charge is 2.49. The third-order valence-electron chi connectivity index (χ3n) is 4.93. The lowest BCUT2D eigenvalue weighted by molar-refractivity contribution is -0.222. The van der Waals surface area contributed by atoms with E-state index in [1.165, 1.54) is 13.8 Å². The minimum Gasteiger partial charge on any atom is -0.463 e. The summed E-state index contributed by atoms with van der Waals surface area (Å²) in [5.41, 5.74) is 0. The molecule has 6 atom stereocenters. The molecule has 182 valence electrons. The van der Waals surface area contributed by atoms with Crippen LogP contribution in [0.25, 0.3) is 0 Å². The molecule has 0 aliphatic carbocycles. The molecule has 0 aromatic carbocycles. The Morgan fingerprint density at radius 3 is 2.10 bits per heavy atom. The van der Waals surface area contributed by atoms with Crippen molar-refractivity contribution in [2.45, 2.75) is 83.8 Å². The van der Waals surface area contributed by atoms with Gasteiger partial charge in [-0.2, -0.15) is 0 Å². The standard InChI is InChI=1S/C20H38NO9P/c1-6-8-10-27-19-16(12-29-15(4)23)30-17(13-31(24,25)26-5)18(21-14(3)22)20(19)28-11-9-7-2/h16-20H,6-13H2,1-5H3,(H,21,22)(H,24,25)/t16?,17-,18+,19-,20?/m1/s1. The summed E-state index contributed by atoms with van der Waals surface area (Å²) in [7, 11) is -2.83. The number of carbonyl (C=O) groups excluding carboxylic acids is 2. The van der Waals surface area contributed by atoms with E-state index in [0.29, 0.717) is 13.2 Å². The van der Waals surface area contributed by atoms with E-state index in [9.17, 15) is 19.0 Å². The summed E-state index contributed by atoms with van der Waals surface area (Å²) in [6.45, 7) is 7.45. The van der Waals surface area contributed by atoms with Crippen LogP contribution < -0.4 is 5.32 Å². The lowest BCUT2D eigenvalue weighted by Gasteiger charge is -2.46. The highest BCUT2D eigenvalue weighted by molar-refractivity contribution is 7.52. The predicted molar refractivity (Wildman–Crippen MR) is 114 cm³/mol. The number of amides is 1. The van der Waals surface area contributed by atoms with Crippen molar-refractivity contribution in [3.63, 3.8) is 0 Å². The van der Waals surface area contributed by atoms with E-state index in [2.05, 4.69) is 5.32 Å². The molecule has 2 N–H and O–H groups in total. The first kappa shape index (κ1) is 28.0. The summed E-state index contributed by atoms with van der Waals surface area (Å²) in [5.74, 6) is -0.816. The minimum absolute atomic E-state index is 0.105. The van der Waals surface area contributed by atoms with E-state index in [4.69, 9.17) is 23.5 Å². The average molecular weight is 467 g/mol. The Hall–Kier alpha value is -1.03. The fraction of sp³-hybridized carbons (Fsp3) is 0.900. The van der Waals surface area contributed by atoms with Crippen molar-refractivity contribution in [3.8, 4) is 0 Å². The van der Waals surface area contributed by atoms with E-state index in [1.807, 2.05) is 13.8 Å². The maximum absolute atomic E-state index is 12.3. The van der Waals surface area contributed by atoms with Crippen molar-refractivity contribution >= 4 is 19.5 Å². The fourth-order valence-electron chi connectivity index (χ4n) is 3.34. The first-order valence-electron chi connectivity index (χ1n) is 10.8. The Kier molecular flexibility index (Phi) is 12.8. The molecule has 1 rings (SSSR count). The van der Waals surface area contributed by atoms with Gasteiger partial charge in [0, 0.05) is 34.2 Å². The van der Waals surface area contributed by atoms with Crippen molar-refractivity contribution in [1.29, 1.82) is 0 Å². The number of unbranched alkanes of at least 4 members (excludes halogenated alkanes) is 2. The molecule has 1 aliphatic rings. The average Bonchev–Trinajstić information content (AvgIpc) is 2.69. The smallest absolute Gasteiger partial charge is 0.330 e. The summed E-state index contributed by atoms with van der Waals surface area (Å²) in [6.07, 6.45) is 0.121. The number of esters is 1. The molecule has 1 heterocycles. The lowest BCUT2D eigenvalue weighted by atomic mass is 9.92. The van der Waals surface area contributed by atoms with Crippen molar-refractivity contribution in [1.82, 2.24) is 5.32 Å². The van der Waals surface area contributed by atoms with Crippen LogP contribution in [-0.4, -0.2) is 80.3 Å². The van der Waals surface area contributed by atoms with Gasteiger partial charge in [-0.3, -0.25) is 14.2 Å². The Bertz CT molecular complexity index is 603. The molecule has 1 fully saturated rings. The van der Waals surface area contributed by atoms with Gasteiger partial charge < -0.3 is 33.7 Å². The fourth-order valence-corrected chi connectivity index (χ4v) is 4.26. The lowest BCUT2D eigenvalue weighted by Crippen LogP contribution is -2.66. The molecule has 0 bridgehead atoms. The Labute approximate surface area is 184 Å². The van der Waals surface area contributed by atoms with Gasteiger partial charge in [0.05, 0.1) is 18.3 Å². The zero-order valence-electron chi connectivity index (χ0n) is 19.2. The van der Waals surface area contributed by atoms with Crippen LogP contribution in [0, 0.1) is 0 Å². The molecule has 10 nitrogen and oxygen atoms in total. The molecular formula is C20H38NO9P. The molecule has 0 aromatic rings. The van der Waals surface area contributed by atoms with Gasteiger partial charge in [0.25, 0.3) is 0 Å². The van der Waals surface area contributed by atoms with E-state index in [0.717, 1.165) is 32.8 Å². The van der Waals surface area contributed by atoms with Crippen LogP contribution in [-0.2, 0) is 37.6 Å². The van der Waals surface area contributed by atoms with Crippen LogP contribution in [0.1, 0.15) is 53.4 Å². The van der Waals surface area contributed by atoms with Crippen LogP contribution in [0.2, 0.25) is 0 Å². The summed E-state index contributed by atoms with van der Waals surface area (Å²) in [5, 5.41) is 2.80. The molecule has 11 heteroatoms. The molecular weight excluding hydrogens is 429 g/mol. The van der Waals surface area contributed by atoms with Crippen LogP contribution in [0.4, 0.5) is 0 Å². The Morgan fingerprint density at radius 1 is 1.03 bits per heavy atom. The van der Waals surface area contributed by atoms with Crippen LogP contribution >= 0.6 is 7.60 Å². The molecule has 1 amide bonds. The SMILES string of the molecule is CCCCOC1[C@H](OCCCC)C(COC(C)=O)O[C@H](CP(=O)(O)OC)[C@@H]1NC(C)=O. The van der Waals surface area contributed by atoms with Gasteiger partial charge in [-0.15, -0.1) is 0 Å². The van der Waals surface area contributed by atoms with E-state index >= 15 is 0 Å². The van der Waals surface area contributed by atoms with Gasteiger partial charge in [-0.25, -0.2) is 0 Å². The van der Waals surface area contributed by atoms with E-state index in [1.54, 1.807) is 0 Å². The maximum atomic E-state index is 12.3. The third kappa shape index (κ3) is 9.97. The summed E-state index contributed by atoms with van der Waals surface area (Å²) < 4.78 is 40.4. The Morgan fingerprint density at radius 2 is 1.61 bits per heavy atom. The first-order chi connectivity index (χ1) is 14.6. The highest BCUT2D eigenvalue weighted by Crippen LogP contribution is 2.44. The van der Waals surface area contributed by atoms with E-state index < -0.39 is 44.0 Å². The van der Waals surface area contributed by atoms with E-state index in [-0.39, 0.29) is 18.7 Å². The van der Waals surface area contributed by atoms with Gasteiger partial charge >= 0.3 is 13.6 Å². The third-order valence-corrected chi connectivity index (χ3v) is 6.32. The molecule has 0 spiro atoms. The highest BCUT2D eigenvalue weighted by atomic mass is 31.2. The summed E-state index contributed by atoms with van der Waals surface area (Å²) in [4.78, 5) is 33.4. The zero-order valence-corrected chi connectivity index (χ0v) is 20.1. The number of hydrogen-bond donors (Lipinski definition) is 2. The number of rotatable bonds is 14. The van der Waals surface area contributed by atoms with Crippen LogP contribution in [0.15, 0.2) is 0 Å². The second kappa shape index (κ2) is 14.2. The molecule has 0 radical (unpaired) electrons. The van der Waals surface area contributed by atoms with Crippen LogP contribution in [0.3, 0.4) is 0 Å². The first-order valence-corrected chi connectivity index (χ1v) is 12.6. The van der Waals surface area contributed by atoms with Gasteiger partial charge in [0.15, 0.2) is 0 Å². The van der Waals surface area contributed by atoms with Gasteiger partial charge in [-0.1, -0.05) is 26.7 Å². The minimum atomic E-state index is -3.97. The monoisotopic (exact) mass is 467 g/mol. The van der Waals surface area contributed by atoms with Crippen molar-refractivity contribution in [2.24, 2.45) is 0 Å². The topological polar surface area (TPSA) is 130 Å². The number of ether oxygens (including phenoxy) is 4. The molecule has 1 saturated heterocycles. The Balaban J connectivity index is 3.26. The molecule has 0 saturated carbocycles. The zero-order chi connectivity index (χ0) is 23.4. The van der Waals surface area contributed by atoms with Crippen molar-refractivity contribution in [2.75, 3.05) is 33.1 Å². The van der Waals surface area contributed by atoms with Crippen molar-refractivity contribution < 1.29 is 42.5 Å². The van der Waals surface area contributed by atoms with Crippen molar-refractivity contribution in [3.05, 3.63) is 0 Å². The van der Waals surface area contributed by atoms with Gasteiger partial charge in [0.1, 0.15) is 24.9 Å². The molecule has 3 unspecified atom stereocenters. The number of carbonyl (C=O) groups is 2. The van der Waals surface area contributed by atoms with Gasteiger partial charge in [-0.05, 0) is 12.8 Å². The maximum Gasteiger partial charge on any atom is 0.330 e. The van der Waals surface area contributed by atoms with Crippen LogP contribution in [0.5, 0.6) is 0 Å².